The van der Waals surface area contributed by atoms with Crippen LogP contribution in [0, 0.1) is 17.5 Å². The van der Waals surface area contributed by atoms with Crippen molar-refractivity contribution in [2.24, 2.45) is 0 Å². The topological polar surface area (TPSA) is 61.8 Å². The Morgan fingerprint density at radius 3 is 2.02 bits per heavy atom. The first kappa shape index (κ1) is 34.6. The molecule has 44 heavy (non-hydrogen) atoms. The molecule has 0 fully saturated rings. The van der Waals surface area contributed by atoms with Gasteiger partial charge >= 0.3 is 11.9 Å². The van der Waals surface area contributed by atoms with Gasteiger partial charge in [0.2, 0.25) is 5.82 Å². The summed E-state index contributed by atoms with van der Waals surface area (Å²) in [7, 11) is 0. The molecule has 0 N–H and O–H groups in total. The van der Waals surface area contributed by atoms with E-state index in [0.29, 0.717) is 18.6 Å². The second-order valence-electron chi connectivity index (χ2n) is 10.6. The normalized spacial score (nSPS) is 11.7. The lowest BCUT2D eigenvalue weighted by Gasteiger charge is -2.11. The Morgan fingerprint density at radius 1 is 0.705 bits per heavy atom. The molecular weight excluding hydrogens is 576 g/mol. The van der Waals surface area contributed by atoms with Crippen LogP contribution in [0.4, 0.5) is 17.6 Å². The van der Waals surface area contributed by atoms with E-state index in [9.17, 15) is 27.2 Å². The van der Waals surface area contributed by atoms with Gasteiger partial charge in [0.15, 0.2) is 17.7 Å². The molecule has 9 heteroatoms. The Hall–Kier alpha value is -3.88. The van der Waals surface area contributed by atoms with Crippen molar-refractivity contribution in [2.45, 2.75) is 90.6 Å². The summed E-state index contributed by atoms with van der Waals surface area (Å²) >= 11 is 0. The maximum absolute atomic E-state index is 14.8. The number of carbonyl (C=O) groups excluding carboxylic acids is 2. The number of rotatable bonds is 18. The zero-order valence-corrected chi connectivity index (χ0v) is 25.3. The third kappa shape index (κ3) is 10.4. The highest BCUT2D eigenvalue weighted by Crippen LogP contribution is 2.31. The van der Waals surface area contributed by atoms with Gasteiger partial charge in [0, 0.05) is 11.6 Å². The van der Waals surface area contributed by atoms with Crippen molar-refractivity contribution in [1.29, 1.82) is 0 Å². The van der Waals surface area contributed by atoms with E-state index in [1.165, 1.54) is 48.9 Å². The van der Waals surface area contributed by atoms with Gasteiger partial charge in [-0.15, -0.1) is 0 Å². The van der Waals surface area contributed by atoms with Crippen LogP contribution < -0.4 is 14.2 Å². The molecule has 0 amide bonds. The number of hydrogen-bond donors (Lipinski definition) is 0. The summed E-state index contributed by atoms with van der Waals surface area (Å²) in [4.78, 5) is 24.5. The predicted molar refractivity (Wildman–Crippen MR) is 161 cm³/mol. The zero-order chi connectivity index (χ0) is 31.9. The highest BCUT2D eigenvalue weighted by Gasteiger charge is 2.22. The van der Waals surface area contributed by atoms with E-state index in [0.717, 1.165) is 63.5 Å². The van der Waals surface area contributed by atoms with Crippen molar-refractivity contribution in [2.75, 3.05) is 6.61 Å². The van der Waals surface area contributed by atoms with Crippen molar-refractivity contribution >= 4 is 11.9 Å². The summed E-state index contributed by atoms with van der Waals surface area (Å²) in [5.74, 6) is -5.67. The van der Waals surface area contributed by atoms with Gasteiger partial charge < -0.3 is 14.2 Å². The molecule has 0 saturated carbocycles. The van der Waals surface area contributed by atoms with Gasteiger partial charge in [0.1, 0.15) is 17.3 Å². The fourth-order valence-electron chi connectivity index (χ4n) is 4.57. The van der Waals surface area contributed by atoms with Crippen molar-refractivity contribution < 1.29 is 41.4 Å². The molecular formula is C35H40F4O5. The van der Waals surface area contributed by atoms with E-state index in [1.807, 2.05) is 6.92 Å². The number of carbonyl (C=O) groups is 2. The van der Waals surface area contributed by atoms with Crippen LogP contribution in [0.5, 0.6) is 17.2 Å². The Labute approximate surface area is 256 Å². The maximum Gasteiger partial charge on any atom is 0.346 e. The van der Waals surface area contributed by atoms with E-state index in [-0.39, 0.29) is 29.2 Å². The van der Waals surface area contributed by atoms with E-state index in [2.05, 4.69) is 6.92 Å². The standard InChI is InChI=1S/C35H40F4O5/c1-3-5-7-9-10-12-22-42-31-21-20-27(32(38)33(31)39)24-14-16-25(17-15-24)43-34(40)28-19-18-26(23-30(28)37)44-35(41)29(36)13-11-8-6-4-2/h14-21,23,29H,3-13,22H2,1-2H3/t29-/m0/s1. The molecule has 0 radical (unpaired) electrons. The summed E-state index contributed by atoms with van der Waals surface area (Å²) in [6.07, 6.45) is 7.74. The fourth-order valence-corrected chi connectivity index (χ4v) is 4.57. The summed E-state index contributed by atoms with van der Waals surface area (Å²) < 4.78 is 73.8. The van der Waals surface area contributed by atoms with Crippen molar-refractivity contribution in [1.82, 2.24) is 0 Å². The first-order valence-corrected chi connectivity index (χ1v) is 15.3. The molecule has 5 nitrogen and oxygen atoms in total. The third-order valence-corrected chi connectivity index (χ3v) is 7.12. The molecule has 1 atom stereocenters. The smallest absolute Gasteiger partial charge is 0.346 e. The van der Waals surface area contributed by atoms with Crippen LogP contribution in [-0.4, -0.2) is 24.7 Å². The quantitative estimate of drug-likeness (QED) is 0.0616. The molecule has 0 heterocycles. The summed E-state index contributed by atoms with van der Waals surface area (Å²) in [6, 6.07) is 11.4. The number of alkyl halides is 1. The van der Waals surface area contributed by atoms with Gasteiger partial charge in [-0.1, -0.05) is 77.3 Å². The van der Waals surface area contributed by atoms with E-state index in [4.69, 9.17) is 14.2 Å². The summed E-state index contributed by atoms with van der Waals surface area (Å²) in [5.41, 5.74) is -0.104. The Balaban J connectivity index is 1.55. The molecule has 0 unspecified atom stereocenters. The van der Waals surface area contributed by atoms with Gasteiger partial charge in [-0.3, -0.25) is 0 Å². The second kappa shape index (κ2) is 18.0. The van der Waals surface area contributed by atoms with Crippen LogP contribution in [0.1, 0.15) is 94.8 Å². The number of halogens is 4. The first-order chi connectivity index (χ1) is 21.2. The monoisotopic (exact) mass is 616 g/mol. The van der Waals surface area contributed by atoms with E-state index < -0.39 is 41.1 Å². The number of hydrogen-bond acceptors (Lipinski definition) is 5. The highest BCUT2D eigenvalue weighted by molar-refractivity contribution is 5.91. The Bertz CT molecular complexity index is 1360. The van der Waals surface area contributed by atoms with Crippen molar-refractivity contribution in [3.05, 3.63) is 77.6 Å². The van der Waals surface area contributed by atoms with Crippen LogP contribution in [-0.2, 0) is 4.79 Å². The predicted octanol–water partition coefficient (Wildman–Crippen LogP) is 9.94. The molecule has 3 aromatic rings. The number of esters is 2. The third-order valence-electron chi connectivity index (χ3n) is 7.12. The number of ether oxygens (including phenoxy) is 3. The first-order valence-electron chi connectivity index (χ1n) is 15.3. The molecule has 0 spiro atoms. The van der Waals surface area contributed by atoms with Crippen LogP contribution in [0.3, 0.4) is 0 Å². The largest absolute Gasteiger partial charge is 0.490 e. The van der Waals surface area contributed by atoms with Gasteiger partial charge in [0.05, 0.1) is 12.2 Å². The molecule has 0 saturated heterocycles. The lowest BCUT2D eigenvalue weighted by molar-refractivity contribution is -0.140. The molecule has 238 valence electrons. The van der Waals surface area contributed by atoms with Gasteiger partial charge in [-0.2, -0.15) is 4.39 Å². The van der Waals surface area contributed by atoms with Crippen molar-refractivity contribution in [3.63, 3.8) is 0 Å². The number of benzene rings is 3. The SMILES string of the molecule is CCCCCCCCOc1ccc(-c2ccc(OC(=O)c3ccc(OC(=O)[C@@H](F)CCCCCC)cc3F)cc2)c(F)c1F. The maximum atomic E-state index is 14.8. The summed E-state index contributed by atoms with van der Waals surface area (Å²) in [5, 5.41) is 0. The minimum atomic E-state index is -1.83. The van der Waals surface area contributed by atoms with Crippen molar-refractivity contribution in [3.8, 4) is 28.4 Å². The van der Waals surface area contributed by atoms with Gasteiger partial charge in [-0.05, 0) is 61.2 Å². The number of unbranched alkanes of at least 4 members (excludes halogenated alkanes) is 8. The van der Waals surface area contributed by atoms with Crippen LogP contribution in [0.2, 0.25) is 0 Å². The van der Waals surface area contributed by atoms with Crippen LogP contribution >= 0.6 is 0 Å². The summed E-state index contributed by atoms with van der Waals surface area (Å²) in [6.45, 7) is 4.46. The molecule has 0 aliphatic rings. The lowest BCUT2D eigenvalue weighted by atomic mass is 10.0. The van der Waals surface area contributed by atoms with Gasteiger partial charge in [-0.25, -0.2) is 22.8 Å². The lowest BCUT2D eigenvalue weighted by Crippen LogP contribution is -2.22. The minimum absolute atomic E-state index is 0.0000460. The molecule has 0 aliphatic heterocycles. The van der Waals surface area contributed by atoms with Gasteiger partial charge in [0.25, 0.3) is 0 Å². The Kier molecular flexibility index (Phi) is 14.2. The fraction of sp³-hybridized carbons (Fsp3) is 0.429. The second-order valence-corrected chi connectivity index (χ2v) is 10.6. The molecule has 0 aromatic heterocycles. The minimum Gasteiger partial charge on any atom is -0.490 e. The highest BCUT2D eigenvalue weighted by atomic mass is 19.2. The Morgan fingerprint density at radius 2 is 1.34 bits per heavy atom. The molecule has 0 bridgehead atoms. The van der Waals surface area contributed by atoms with E-state index in [1.54, 1.807) is 0 Å². The zero-order valence-electron chi connectivity index (χ0n) is 25.3. The van der Waals surface area contributed by atoms with E-state index >= 15 is 0 Å². The average molecular weight is 617 g/mol. The van der Waals surface area contributed by atoms with Crippen LogP contribution in [0.15, 0.2) is 54.6 Å². The average Bonchev–Trinajstić information content (AvgIpc) is 3.01. The molecule has 3 aromatic carbocycles. The molecule has 3 rings (SSSR count). The molecule has 0 aliphatic carbocycles. The van der Waals surface area contributed by atoms with Crippen LogP contribution in [0.25, 0.3) is 11.1 Å².